The standard InChI is InChI=1S/C10H17NO2/c1-2-13-10-5-7-3-9(11-12)4-8(7)6-10/h7-10H,2-6H2,1H3/t7?,8?,9-,10+. The summed E-state index contributed by atoms with van der Waals surface area (Å²) in [6, 6.07) is 0.109. The molecule has 2 saturated carbocycles. The number of hydrogen-bond donors (Lipinski definition) is 0. The lowest BCUT2D eigenvalue weighted by Gasteiger charge is -2.11. The molecule has 2 rings (SSSR count). The molecule has 2 aliphatic rings. The third kappa shape index (κ3) is 1.75. The Morgan fingerprint density at radius 3 is 2.31 bits per heavy atom. The van der Waals surface area contributed by atoms with E-state index < -0.39 is 0 Å². The molecule has 2 atom stereocenters. The van der Waals surface area contributed by atoms with Crippen molar-refractivity contribution in [3.05, 3.63) is 4.91 Å². The zero-order valence-electron chi connectivity index (χ0n) is 8.11. The van der Waals surface area contributed by atoms with Gasteiger partial charge in [-0.15, -0.1) is 0 Å². The van der Waals surface area contributed by atoms with Crippen LogP contribution in [-0.2, 0) is 4.74 Å². The summed E-state index contributed by atoms with van der Waals surface area (Å²) in [5.41, 5.74) is 0. The number of fused-ring (bicyclic) bond motifs is 1. The lowest BCUT2D eigenvalue weighted by atomic mass is 10.0. The van der Waals surface area contributed by atoms with Crippen LogP contribution in [0.5, 0.6) is 0 Å². The van der Waals surface area contributed by atoms with Gasteiger partial charge in [-0.2, -0.15) is 4.91 Å². The fourth-order valence-corrected chi connectivity index (χ4v) is 2.99. The summed E-state index contributed by atoms with van der Waals surface area (Å²) in [4.78, 5) is 10.4. The van der Waals surface area contributed by atoms with Crippen molar-refractivity contribution in [2.24, 2.45) is 17.0 Å². The molecule has 3 heteroatoms. The first-order valence-corrected chi connectivity index (χ1v) is 5.27. The first-order chi connectivity index (χ1) is 6.33. The van der Waals surface area contributed by atoms with Crippen LogP contribution in [0.2, 0.25) is 0 Å². The van der Waals surface area contributed by atoms with E-state index in [0.29, 0.717) is 6.10 Å². The lowest BCUT2D eigenvalue weighted by molar-refractivity contribution is 0.0618. The minimum absolute atomic E-state index is 0.109. The van der Waals surface area contributed by atoms with Crippen LogP contribution in [0.15, 0.2) is 5.18 Å². The number of nitrogens with zero attached hydrogens (tertiary/aromatic N) is 1. The second kappa shape index (κ2) is 3.74. The SMILES string of the molecule is CCO[C@H]1CC2C[C@@H](N=O)CC2C1. The van der Waals surface area contributed by atoms with Crippen LogP contribution in [0.1, 0.15) is 32.6 Å². The van der Waals surface area contributed by atoms with Crippen molar-refractivity contribution in [3.8, 4) is 0 Å². The molecule has 13 heavy (non-hydrogen) atoms. The second-order valence-electron chi connectivity index (χ2n) is 4.30. The molecular weight excluding hydrogens is 166 g/mol. The predicted octanol–water partition coefficient (Wildman–Crippen LogP) is 2.35. The fourth-order valence-electron chi connectivity index (χ4n) is 2.99. The Balaban J connectivity index is 1.86. The highest BCUT2D eigenvalue weighted by Crippen LogP contribution is 2.45. The van der Waals surface area contributed by atoms with Gasteiger partial charge in [-0.1, -0.05) is 5.18 Å². The van der Waals surface area contributed by atoms with E-state index in [2.05, 4.69) is 5.18 Å². The Kier molecular flexibility index (Phi) is 2.63. The van der Waals surface area contributed by atoms with E-state index in [1.165, 1.54) is 0 Å². The molecule has 74 valence electrons. The summed E-state index contributed by atoms with van der Waals surface area (Å²) in [5.74, 6) is 1.44. The summed E-state index contributed by atoms with van der Waals surface area (Å²) in [6.45, 7) is 2.86. The maximum Gasteiger partial charge on any atom is 0.0925 e. The van der Waals surface area contributed by atoms with Crippen molar-refractivity contribution in [1.29, 1.82) is 0 Å². The molecule has 0 aliphatic heterocycles. The quantitative estimate of drug-likeness (QED) is 0.630. The average molecular weight is 183 g/mol. The molecule has 0 aromatic rings. The van der Waals surface area contributed by atoms with Crippen molar-refractivity contribution < 1.29 is 4.74 Å². The Hall–Kier alpha value is -0.440. The molecule has 2 aliphatic carbocycles. The van der Waals surface area contributed by atoms with Crippen molar-refractivity contribution in [2.45, 2.75) is 44.8 Å². The number of nitroso groups, excluding NO2 is 1. The molecule has 0 radical (unpaired) electrons. The molecule has 2 fully saturated rings. The number of ether oxygens (including phenoxy) is 1. The summed E-state index contributed by atoms with van der Waals surface area (Å²) in [5, 5.41) is 3.15. The minimum Gasteiger partial charge on any atom is -0.378 e. The van der Waals surface area contributed by atoms with Gasteiger partial charge in [0.2, 0.25) is 0 Å². The van der Waals surface area contributed by atoms with Crippen molar-refractivity contribution >= 4 is 0 Å². The third-order valence-electron chi connectivity index (χ3n) is 3.50. The van der Waals surface area contributed by atoms with E-state index in [0.717, 1.165) is 44.1 Å². The van der Waals surface area contributed by atoms with E-state index in [9.17, 15) is 4.91 Å². The molecule has 0 amide bonds. The Labute approximate surface area is 78.8 Å². The van der Waals surface area contributed by atoms with E-state index in [1.807, 2.05) is 6.92 Å². The maximum absolute atomic E-state index is 10.4. The van der Waals surface area contributed by atoms with Gasteiger partial charge in [0.1, 0.15) is 0 Å². The summed E-state index contributed by atoms with van der Waals surface area (Å²) < 4.78 is 5.60. The van der Waals surface area contributed by atoms with E-state index in [-0.39, 0.29) is 6.04 Å². The summed E-state index contributed by atoms with van der Waals surface area (Å²) in [7, 11) is 0. The Morgan fingerprint density at radius 1 is 1.23 bits per heavy atom. The van der Waals surface area contributed by atoms with Gasteiger partial charge in [0.25, 0.3) is 0 Å². The monoisotopic (exact) mass is 183 g/mol. The van der Waals surface area contributed by atoms with Gasteiger partial charge < -0.3 is 4.74 Å². The fraction of sp³-hybridized carbons (Fsp3) is 1.00. The van der Waals surface area contributed by atoms with E-state index >= 15 is 0 Å². The Morgan fingerprint density at radius 2 is 1.85 bits per heavy atom. The van der Waals surface area contributed by atoms with Gasteiger partial charge in [-0.05, 0) is 44.4 Å². The van der Waals surface area contributed by atoms with Gasteiger partial charge in [0, 0.05) is 6.61 Å². The first kappa shape index (κ1) is 9.13. The molecule has 0 spiro atoms. The second-order valence-corrected chi connectivity index (χ2v) is 4.30. The van der Waals surface area contributed by atoms with Crippen LogP contribution in [0.4, 0.5) is 0 Å². The van der Waals surface area contributed by atoms with E-state index in [1.54, 1.807) is 0 Å². The highest BCUT2D eigenvalue weighted by Gasteiger charge is 2.42. The van der Waals surface area contributed by atoms with Crippen LogP contribution in [0.25, 0.3) is 0 Å². The molecule has 0 bridgehead atoms. The topological polar surface area (TPSA) is 38.7 Å². The highest BCUT2D eigenvalue weighted by molar-refractivity contribution is 4.94. The lowest BCUT2D eigenvalue weighted by Crippen LogP contribution is -2.10. The first-order valence-electron chi connectivity index (χ1n) is 5.27. The van der Waals surface area contributed by atoms with Gasteiger partial charge in [-0.25, -0.2) is 0 Å². The average Bonchev–Trinajstić information content (AvgIpc) is 2.61. The van der Waals surface area contributed by atoms with Crippen LogP contribution < -0.4 is 0 Å². The molecular formula is C10H17NO2. The van der Waals surface area contributed by atoms with Crippen LogP contribution in [0, 0.1) is 16.7 Å². The number of hydrogen-bond acceptors (Lipinski definition) is 3. The number of rotatable bonds is 3. The molecule has 0 saturated heterocycles. The molecule has 2 unspecified atom stereocenters. The minimum atomic E-state index is 0.109. The van der Waals surface area contributed by atoms with Crippen molar-refractivity contribution in [1.82, 2.24) is 0 Å². The van der Waals surface area contributed by atoms with Crippen LogP contribution >= 0.6 is 0 Å². The van der Waals surface area contributed by atoms with Crippen molar-refractivity contribution in [3.63, 3.8) is 0 Å². The zero-order chi connectivity index (χ0) is 9.26. The highest BCUT2D eigenvalue weighted by atomic mass is 16.5. The third-order valence-corrected chi connectivity index (χ3v) is 3.50. The largest absolute Gasteiger partial charge is 0.378 e. The summed E-state index contributed by atoms with van der Waals surface area (Å²) in [6.07, 6.45) is 4.80. The van der Waals surface area contributed by atoms with Crippen LogP contribution in [-0.4, -0.2) is 18.8 Å². The van der Waals surface area contributed by atoms with Crippen molar-refractivity contribution in [2.75, 3.05) is 6.61 Å². The van der Waals surface area contributed by atoms with E-state index in [4.69, 9.17) is 4.74 Å². The molecule has 3 nitrogen and oxygen atoms in total. The molecule has 0 aromatic heterocycles. The van der Waals surface area contributed by atoms with Gasteiger partial charge in [0.15, 0.2) is 0 Å². The molecule has 0 aromatic carbocycles. The molecule has 0 heterocycles. The Bertz CT molecular complexity index is 181. The van der Waals surface area contributed by atoms with Gasteiger partial charge >= 0.3 is 0 Å². The predicted molar refractivity (Wildman–Crippen MR) is 50.4 cm³/mol. The summed E-state index contributed by atoms with van der Waals surface area (Å²) >= 11 is 0. The normalized spacial score (nSPS) is 43.5. The van der Waals surface area contributed by atoms with Gasteiger partial charge in [-0.3, -0.25) is 0 Å². The zero-order valence-corrected chi connectivity index (χ0v) is 8.11. The molecule has 0 N–H and O–H groups in total. The van der Waals surface area contributed by atoms with Crippen LogP contribution in [0.3, 0.4) is 0 Å². The van der Waals surface area contributed by atoms with Gasteiger partial charge in [0.05, 0.1) is 12.1 Å². The maximum atomic E-state index is 10.4. The smallest absolute Gasteiger partial charge is 0.0925 e.